The third-order valence-electron chi connectivity index (χ3n) is 3.51. The summed E-state index contributed by atoms with van der Waals surface area (Å²) in [7, 11) is 1.04. The first-order valence-corrected chi connectivity index (χ1v) is 7.49. The number of ether oxygens (including phenoxy) is 1. The molecule has 0 saturated carbocycles. The van der Waals surface area contributed by atoms with Crippen molar-refractivity contribution < 1.29 is 31.9 Å². The van der Waals surface area contributed by atoms with E-state index in [2.05, 4.69) is 10.1 Å². The maximum atomic E-state index is 13.8. The Kier molecular flexibility index (Phi) is 5.56. The summed E-state index contributed by atoms with van der Waals surface area (Å²) < 4.78 is 56.2. The van der Waals surface area contributed by atoms with Crippen molar-refractivity contribution in [3.05, 3.63) is 63.4 Å². The fourth-order valence-electron chi connectivity index (χ4n) is 2.16. The molecule has 0 aromatic heterocycles. The van der Waals surface area contributed by atoms with Crippen LogP contribution in [0, 0.1) is 12.7 Å². The summed E-state index contributed by atoms with van der Waals surface area (Å²) in [5.41, 5.74) is -1.30. The number of carbonyl (C=O) groups excluding carboxylic acids is 2. The second kappa shape index (κ2) is 7.33. The van der Waals surface area contributed by atoms with E-state index in [0.29, 0.717) is 0 Å². The quantitative estimate of drug-likeness (QED) is 0.603. The number of methoxy groups -OCH3 is 1. The SMILES string of the molecule is COC(=O)c1cc(C(=O)Nc2ccc(C(F)(F)F)cc2C)c(Cl)cc1F. The van der Waals surface area contributed by atoms with Gasteiger partial charge in [-0.25, -0.2) is 9.18 Å². The van der Waals surface area contributed by atoms with Gasteiger partial charge in [-0.2, -0.15) is 13.2 Å². The number of hydrogen-bond donors (Lipinski definition) is 1. The zero-order valence-corrected chi connectivity index (χ0v) is 14.3. The van der Waals surface area contributed by atoms with Gasteiger partial charge in [-0.15, -0.1) is 0 Å². The third kappa shape index (κ3) is 4.13. The molecule has 0 bridgehead atoms. The van der Waals surface area contributed by atoms with Crippen LogP contribution in [0.1, 0.15) is 31.8 Å². The van der Waals surface area contributed by atoms with E-state index in [1.165, 1.54) is 6.92 Å². The molecule has 0 fully saturated rings. The number of amides is 1. The minimum absolute atomic E-state index is 0.114. The van der Waals surface area contributed by atoms with Crippen molar-refractivity contribution in [3.8, 4) is 0 Å². The van der Waals surface area contributed by atoms with Crippen LogP contribution < -0.4 is 5.32 Å². The molecule has 0 saturated heterocycles. The lowest BCUT2D eigenvalue weighted by Crippen LogP contribution is -2.16. The minimum Gasteiger partial charge on any atom is -0.465 e. The summed E-state index contributed by atoms with van der Waals surface area (Å²) >= 11 is 5.83. The summed E-state index contributed by atoms with van der Waals surface area (Å²) in [6.07, 6.45) is -4.51. The van der Waals surface area contributed by atoms with Gasteiger partial charge >= 0.3 is 12.1 Å². The van der Waals surface area contributed by atoms with Crippen LogP contribution in [0.15, 0.2) is 30.3 Å². The van der Waals surface area contributed by atoms with Crippen LogP contribution in [0.5, 0.6) is 0 Å². The standard InChI is InChI=1S/C17H12ClF4NO3/c1-8-5-9(17(20,21)22)3-4-14(8)23-15(24)10-6-11(16(25)26-2)13(19)7-12(10)18/h3-7H,1-2H3,(H,23,24). The van der Waals surface area contributed by atoms with Crippen LogP contribution in [-0.2, 0) is 10.9 Å². The van der Waals surface area contributed by atoms with Gasteiger partial charge < -0.3 is 10.1 Å². The van der Waals surface area contributed by atoms with Crippen LogP contribution in [-0.4, -0.2) is 19.0 Å². The molecule has 2 rings (SSSR count). The number of esters is 1. The number of nitrogens with one attached hydrogen (secondary N) is 1. The van der Waals surface area contributed by atoms with E-state index in [4.69, 9.17) is 11.6 Å². The number of benzene rings is 2. The van der Waals surface area contributed by atoms with Gasteiger partial charge in [0.05, 0.1) is 28.8 Å². The number of halogens is 5. The van der Waals surface area contributed by atoms with E-state index in [1.54, 1.807) is 0 Å². The van der Waals surface area contributed by atoms with Crippen LogP contribution in [0.25, 0.3) is 0 Å². The Morgan fingerprint density at radius 2 is 1.77 bits per heavy atom. The Balaban J connectivity index is 2.35. The molecule has 4 nitrogen and oxygen atoms in total. The van der Waals surface area contributed by atoms with Gasteiger partial charge in [-0.1, -0.05) is 11.6 Å². The molecule has 0 aliphatic carbocycles. The van der Waals surface area contributed by atoms with Crippen molar-refractivity contribution in [1.29, 1.82) is 0 Å². The van der Waals surface area contributed by atoms with E-state index >= 15 is 0 Å². The van der Waals surface area contributed by atoms with Crippen molar-refractivity contribution in [2.75, 3.05) is 12.4 Å². The molecule has 0 spiro atoms. The molecule has 9 heteroatoms. The lowest BCUT2D eigenvalue weighted by Gasteiger charge is -2.13. The van der Waals surface area contributed by atoms with E-state index in [0.717, 1.165) is 37.4 Å². The average molecular weight is 390 g/mol. The van der Waals surface area contributed by atoms with Crippen molar-refractivity contribution in [2.24, 2.45) is 0 Å². The minimum atomic E-state index is -4.51. The maximum absolute atomic E-state index is 13.8. The number of carbonyl (C=O) groups is 2. The molecule has 1 N–H and O–H groups in total. The Labute approximate surface area is 150 Å². The third-order valence-corrected chi connectivity index (χ3v) is 3.82. The lowest BCUT2D eigenvalue weighted by molar-refractivity contribution is -0.137. The zero-order valence-electron chi connectivity index (χ0n) is 13.5. The van der Waals surface area contributed by atoms with Crippen molar-refractivity contribution >= 4 is 29.2 Å². The summed E-state index contributed by atoms with van der Waals surface area (Å²) in [6.45, 7) is 1.39. The summed E-state index contributed by atoms with van der Waals surface area (Å²) in [4.78, 5) is 23.9. The molecule has 0 aliphatic rings. The highest BCUT2D eigenvalue weighted by Crippen LogP contribution is 2.32. The summed E-state index contributed by atoms with van der Waals surface area (Å²) in [6, 6.07) is 4.48. The molecule has 26 heavy (non-hydrogen) atoms. The molecule has 0 atom stereocenters. The van der Waals surface area contributed by atoms with Gasteiger partial charge in [0.1, 0.15) is 5.82 Å². The fourth-order valence-corrected chi connectivity index (χ4v) is 2.40. The van der Waals surface area contributed by atoms with Gasteiger partial charge in [-0.3, -0.25) is 4.79 Å². The van der Waals surface area contributed by atoms with Gasteiger partial charge in [0.25, 0.3) is 5.91 Å². The van der Waals surface area contributed by atoms with E-state index in [1.807, 2.05) is 0 Å². The average Bonchev–Trinajstić information content (AvgIpc) is 2.55. The molecule has 0 radical (unpaired) electrons. The Bertz CT molecular complexity index is 881. The number of alkyl halides is 3. The Morgan fingerprint density at radius 3 is 2.31 bits per heavy atom. The summed E-state index contributed by atoms with van der Waals surface area (Å²) in [5.74, 6) is -2.79. The summed E-state index contributed by atoms with van der Waals surface area (Å²) in [5, 5.41) is 2.12. The zero-order chi connectivity index (χ0) is 19.6. The van der Waals surface area contributed by atoms with Crippen molar-refractivity contribution in [1.82, 2.24) is 0 Å². The molecule has 0 heterocycles. The number of rotatable bonds is 3. The highest BCUT2D eigenvalue weighted by atomic mass is 35.5. The molecule has 1 amide bonds. The predicted octanol–water partition coefficient (Wildman–Crippen LogP) is 4.85. The van der Waals surface area contributed by atoms with Crippen LogP contribution in [0.3, 0.4) is 0 Å². The smallest absolute Gasteiger partial charge is 0.416 e. The Morgan fingerprint density at radius 1 is 1.12 bits per heavy atom. The highest BCUT2D eigenvalue weighted by molar-refractivity contribution is 6.34. The van der Waals surface area contributed by atoms with Gasteiger partial charge in [-0.05, 0) is 42.8 Å². The first-order chi connectivity index (χ1) is 12.0. The van der Waals surface area contributed by atoms with E-state index < -0.39 is 35.0 Å². The molecule has 0 aliphatic heterocycles. The molecular formula is C17H12ClF4NO3. The van der Waals surface area contributed by atoms with Gasteiger partial charge in [0, 0.05) is 5.69 Å². The second-order valence-electron chi connectivity index (χ2n) is 5.29. The first kappa shape index (κ1) is 19.7. The molecule has 2 aromatic carbocycles. The molecule has 0 unspecified atom stereocenters. The van der Waals surface area contributed by atoms with Crippen LogP contribution in [0.4, 0.5) is 23.2 Å². The fraction of sp³-hybridized carbons (Fsp3) is 0.176. The number of aryl methyl sites for hydroxylation is 1. The van der Waals surface area contributed by atoms with Gasteiger partial charge in [0.2, 0.25) is 0 Å². The number of hydrogen-bond acceptors (Lipinski definition) is 3. The van der Waals surface area contributed by atoms with Crippen LogP contribution >= 0.6 is 11.6 Å². The van der Waals surface area contributed by atoms with Crippen molar-refractivity contribution in [3.63, 3.8) is 0 Å². The van der Waals surface area contributed by atoms with E-state index in [-0.39, 0.29) is 21.8 Å². The largest absolute Gasteiger partial charge is 0.465 e. The lowest BCUT2D eigenvalue weighted by atomic mass is 10.1. The van der Waals surface area contributed by atoms with E-state index in [9.17, 15) is 27.2 Å². The van der Waals surface area contributed by atoms with Crippen molar-refractivity contribution in [2.45, 2.75) is 13.1 Å². The molecule has 138 valence electrons. The monoisotopic (exact) mass is 389 g/mol. The predicted molar refractivity (Wildman–Crippen MR) is 86.9 cm³/mol. The van der Waals surface area contributed by atoms with Gasteiger partial charge in [0.15, 0.2) is 0 Å². The molecule has 2 aromatic rings. The first-order valence-electron chi connectivity index (χ1n) is 7.11. The second-order valence-corrected chi connectivity index (χ2v) is 5.69. The Hall–Kier alpha value is -2.61. The normalized spacial score (nSPS) is 11.2. The molecular weight excluding hydrogens is 378 g/mol. The highest BCUT2D eigenvalue weighted by Gasteiger charge is 2.30. The maximum Gasteiger partial charge on any atom is 0.416 e. The topological polar surface area (TPSA) is 55.4 Å². The number of anilines is 1. The van der Waals surface area contributed by atoms with Crippen LogP contribution in [0.2, 0.25) is 5.02 Å².